The van der Waals surface area contributed by atoms with Crippen molar-refractivity contribution in [2.75, 3.05) is 0 Å². The lowest BCUT2D eigenvalue weighted by Crippen LogP contribution is -2.46. The molecule has 2 aliphatic rings. The zero-order valence-electron chi connectivity index (χ0n) is 7.70. The summed E-state index contributed by atoms with van der Waals surface area (Å²) in [6.45, 7) is 0. The molecule has 2 rings (SSSR count). The quantitative estimate of drug-likeness (QED) is 0.692. The molecule has 0 saturated heterocycles. The minimum atomic E-state index is -0.418. The van der Waals surface area contributed by atoms with Crippen molar-refractivity contribution in [2.45, 2.75) is 23.6 Å². The second-order valence-electron chi connectivity index (χ2n) is 4.35. The summed E-state index contributed by atoms with van der Waals surface area (Å²) in [6, 6.07) is 0. The standard InChI is InChI=1S/C9H13BrN2O2/c10-9-2-1-4(3-9)5(7(11)13)6(9)8(12)14/h4-6H,1-3H2,(H2,11,13)(H2,12,14). The zero-order chi connectivity index (χ0) is 10.5. The summed E-state index contributed by atoms with van der Waals surface area (Å²) in [4.78, 5) is 22.5. The Kier molecular flexibility index (Phi) is 2.10. The summed E-state index contributed by atoms with van der Waals surface area (Å²) >= 11 is 3.55. The van der Waals surface area contributed by atoms with Crippen LogP contribution in [0.5, 0.6) is 0 Å². The summed E-state index contributed by atoms with van der Waals surface area (Å²) in [6.07, 6.45) is 2.71. The third-order valence-electron chi connectivity index (χ3n) is 3.59. The number of primary amides is 2. The van der Waals surface area contributed by atoms with Gasteiger partial charge in [0.25, 0.3) is 0 Å². The number of halogens is 1. The predicted octanol–water partition coefficient (Wildman–Crippen LogP) is 0.137. The fourth-order valence-corrected chi connectivity index (χ4v) is 4.23. The summed E-state index contributed by atoms with van der Waals surface area (Å²) in [7, 11) is 0. The Hall–Kier alpha value is -0.580. The van der Waals surface area contributed by atoms with Crippen molar-refractivity contribution < 1.29 is 9.59 Å². The number of hydrogen-bond acceptors (Lipinski definition) is 2. The Morgan fingerprint density at radius 1 is 1.29 bits per heavy atom. The number of nitrogens with two attached hydrogens (primary N) is 2. The first-order valence-electron chi connectivity index (χ1n) is 4.73. The van der Waals surface area contributed by atoms with Gasteiger partial charge >= 0.3 is 0 Å². The molecule has 0 aliphatic heterocycles. The van der Waals surface area contributed by atoms with Gasteiger partial charge in [0.2, 0.25) is 11.8 Å². The number of carbonyl (C=O) groups is 2. The molecule has 2 amide bonds. The molecule has 4 atom stereocenters. The topological polar surface area (TPSA) is 86.2 Å². The van der Waals surface area contributed by atoms with E-state index in [4.69, 9.17) is 11.5 Å². The van der Waals surface area contributed by atoms with Gasteiger partial charge in [-0.3, -0.25) is 9.59 Å². The maximum absolute atomic E-state index is 11.3. The summed E-state index contributed by atoms with van der Waals surface area (Å²) in [5.74, 6) is -1.34. The van der Waals surface area contributed by atoms with Gasteiger partial charge in [0.15, 0.2) is 0 Å². The fourth-order valence-electron chi connectivity index (χ4n) is 3.08. The monoisotopic (exact) mass is 260 g/mol. The van der Waals surface area contributed by atoms with E-state index in [1.54, 1.807) is 0 Å². The summed E-state index contributed by atoms with van der Waals surface area (Å²) in [5.41, 5.74) is 10.6. The van der Waals surface area contributed by atoms with Crippen LogP contribution in [-0.4, -0.2) is 16.1 Å². The summed E-state index contributed by atoms with van der Waals surface area (Å²) in [5, 5.41) is 0. The maximum atomic E-state index is 11.3. The number of carbonyl (C=O) groups excluding carboxylic acids is 2. The molecule has 0 aromatic carbocycles. The van der Waals surface area contributed by atoms with E-state index in [1.165, 1.54) is 0 Å². The molecule has 0 aromatic rings. The van der Waals surface area contributed by atoms with E-state index in [0.717, 1.165) is 19.3 Å². The third kappa shape index (κ3) is 1.18. The molecule has 2 bridgehead atoms. The van der Waals surface area contributed by atoms with Crippen LogP contribution in [0.4, 0.5) is 0 Å². The zero-order valence-corrected chi connectivity index (χ0v) is 9.29. The van der Waals surface area contributed by atoms with E-state index in [0.29, 0.717) is 0 Å². The largest absolute Gasteiger partial charge is 0.369 e. The molecular weight excluding hydrogens is 248 g/mol. The van der Waals surface area contributed by atoms with Crippen LogP contribution < -0.4 is 11.5 Å². The van der Waals surface area contributed by atoms with Gasteiger partial charge in [0.1, 0.15) is 0 Å². The van der Waals surface area contributed by atoms with E-state index in [1.807, 2.05) is 0 Å². The predicted molar refractivity (Wildman–Crippen MR) is 54.4 cm³/mol. The van der Waals surface area contributed by atoms with Crippen molar-refractivity contribution in [3.63, 3.8) is 0 Å². The van der Waals surface area contributed by atoms with Gasteiger partial charge in [-0.15, -0.1) is 0 Å². The molecule has 2 fully saturated rings. The molecule has 0 heterocycles. The van der Waals surface area contributed by atoms with E-state index in [-0.39, 0.29) is 22.1 Å². The van der Waals surface area contributed by atoms with E-state index < -0.39 is 11.8 Å². The van der Waals surface area contributed by atoms with Crippen LogP contribution >= 0.6 is 15.9 Å². The fraction of sp³-hybridized carbons (Fsp3) is 0.778. The van der Waals surface area contributed by atoms with Crippen LogP contribution in [0.25, 0.3) is 0 Å². The highest BCUT2D eigenvalue weighted by molar-refractivity contribution is 9.10. The SMILES string of the molecule is NC(=O)C1C2CCC(Br)(C2)C1C(N)=O. The minimum Gasteiger partial charge on any atom is -0.369 e. The molecule has 5 heteroatoms. The Bertz CT molecular complexity index is 307. The first kappa shape index (κ1) is 9.96. The van der Waals surface area contributed by atoms with Crippen molar-refractivity contribution in [2.24, 2.45) is 29.2 Å². The van der Waals surface area contributed by atoms with E-state index in [9.17, 15) is 9.59 Å². The molecule has 2 saturated carbocycles. The van der Waals surface area contributed by atoms with E-state index in [2.05, 4.69) is 15.9 Å². The summed E-state index contributed by atoms with van der Waals surface area (Å²) < 4.78 is -0.261. The molecule has 0 radical (unpaired) electrons. The van der Waals surface area contributed by atoms with Crippen LogP contribution in [-0.2, 0) is 9.59 Å². The Morgan fingerprint density at radius 2 is 1.93 bits per heavy atom. The van der Waals surface area contributed by atoms with Gasteiger partial charge in [0, 0.05) is 4.32 Å². The molecule has 78 valence electrons. The maximum Gasteiger partial charge on any atom is 0.222 e. The highest BCUT2D eigenvalue weighted by atomic mass is 79.9. The van der Waals surface area contributed by atoms with Crippen molar-refractivity contribution in [3.8, 4) is 0 Å². The first-order chi connectivity index (χ1) is 6.46. The minimum absolute atomic E-state index is 0.240. The normalized spacial score (nSPS) is 45.4. The van der Waals surface area contributed by atoms with Crippen LogP contribution in [0, 0.1) is 17.8 Å². The van der Waals surface area contributed by atoms with Gasteiger partial charge in [0.05, 0.1) is 11.8 Å². The number of amides is 2. The highest BCUT2D eigenvalue weighted by Crippen LogP contribution is 2.59. The van der Waals surface area contributed by atoms with Crippen molar-refractivity contribution in [3.05, 3.63) is 0 Å². The highest BCUT2D eigenvalue weighted by Gasteiger charge is 2.60. The second-order valence-corrected chi connectivity index (χ2v) is 5.92. The molecule has 0 aromatic heterocycles. The van der Waals surface area contributed by atoms with Crippen molar-refractivity contribution >= 4 is 27.7 Å². The van der Waals surface area contributed by atoms with Crippen LogP contribution in [0.3, 0.4) is 0 Å². The third-order valence-corrected chi connectivity index (χ3v) is 4.81. The van der Waals surface area contributed by atoms with Gasteiger partial charge in [-0.25, -0.2) is 0 Å². The molecule has 14 heavy (non-hydrogen) atoms. The van der Waals surface area contributed by atoms with Gasteiger partial charge in [-0.2, -0.15) is 0 Å². The van der Waals surface area contributed by atoms with Crippen LogP contribution in [0.15, 0.2) is 0 Å². The molecule has 2 aliphatic carbocycles. The lowest BCUT2D eigenvalue weighted by atomic mass is 9.78. The van der Waals surface area contributed by atoms with Gasteiger partial charge in [-0.1, -0.05) is 15.9 Å². The number of alkyl halides is 1. The molecule has 0 spiro atoms. The number of hydrogen-bond donors (Lipinski definition) is 2. The molecule has 4 N–H and O–H groups in total. The Morgan fingerprint density at radius 3 is 2.36 bits per heavy atom. The van der Waals surface area contributed by atoms with Crippen LogP contribution in [0.1, 0.15) is 19.3 Å². The van der Waals surface area contributed by atoms with Crippen molar-refractivity contribution in [1.29, 1.82) is 0 Å². The lowest BCUT2D eigenvalue weighted by Gasteiger charge is -2.31. The van der Waals surface area contributed by atoms with Crippen molar-refractivity contribution in [1.82, 2.24) is 0 Å². The Balaban J connectivity index is 2.35. The molecule has 4 unspecified atom stereocenters. The van der Waals surface area contributed by atoms with Crippen LogP contribution in [0.2, 0.25) is 0 Å². The smallest absolute Gasteiger partial charge is 0.222 e. The Labute approximate surface area is 90.5 Å². The molecule has 4 nitrogen and oxygen atoms in total. The van der Waals surface area contributed by atoms with Gasteiger partial charge < -0.3 is 11.5 Å². The average Bonchev–Trinajstić information content (AvgIpc) is 2.55. The van der Waals surface area contributed by atoms with Gasteiger partial charge in [-0.05, 0) is 25.2 Å². The number of rotatable bonds is 2. The van der Waals surface area contributed by atoms with E-state index >= 15 is 0 Å². The number of fused-ring (bicyclic) bond motifs is 2. The second kappa shape index (κ2) is 2.95. The lowest BCUT2D eigenvalue weighted by molar-refractivity contribution is -0.132. The molecular formula is C9H13BrN2O2. The first-order valence-corrected chi connectivity index (χ1v) is 5.52. The average molecular weight is 261 g/mol.